The van der Waals surface area contributed by atoms with Crippen LogP contribution in [-0.4, -0.2) is 42.8 Å². The topological polar surface area (TPSA) is 87.7 Å². The Morgan fingerprint density at radius 3 is 2.90 bits per heavy atom. The molecule has 1 amide bonds. The number of carbonyl (C=O) groups excluding carboxylic acids is 1. The first-order valence-corrected chi connectivity index (χ1v) is 6.58. The third-order valence-corrected chi connectivity index (χ3v) is 3.23. The summed E-state index contributed by atoms with van der Waals surface area (Å²) in [5, 5.41) is 14.9. The van der Waals surface area contributed by atoms with E-state index < -0.39 is 5.97 Å². The monoisotopic (exact) mass is 298 g/mol. The summed E-state index contributed by atoms with van der Waals surface area (Å²) in [5.74, 6) is -1.26. The largest absolute Gasteiger partial charge is 0.478 e. The summed E-state index contributed by atoms with van der Waals surface area (Å²) < 4.78 is 5.27. The van der Waals surface area contributed by atoms with Gasteiger partial charge in [-0.15, -0.1) is 0 Å². The van der Waals surface area contributed by atoms with E-state index in [2.05, 4.69) is 10.6 Å². The number of amides is 1. The fraction of sp³-hybridized carbons (Fsp3) is 0.385. The molecule has 0 spiro atoms. The Bertz CT molecular complexity index is 515. The number of ether oxygens (including phenoxy) is 1. The summed E-state index contributed by atoms with van der Waals surface area (Å²) in [6.45, 7) is 1.88. The molecule has 1 aliphatic rings. The van der Waals surface area contributed by atoms with Gasteiger partial charge in [0.15, 0.2) is 0 Å². The number of rotatable bonds is 4. The third kappa shape index (κ3) is 3.93. The second kappa shape index (κ2) is 6.69. The van der Waals surface area contributed by atoms with Gasteiger partial charge in [-0.3, -0.25) is 4.79 Å². The van der Waals surface area contributed by atoms with Crippen molar-refractivity contribution in [3.8, 4) is 0 Å². The summed E-state index contributed by atoms with van der Waals surface area (Å²) >= 11 is 5.94. The van der Waals surface area contributed by atoms with Crippen molar-refractivity contribution in [3.05, 3.63) is 28.8 Å². The maximum atomic E-state index is 11.9. The number of hydrogen-bond donors (Lipinski definition) is 3. The van der Waals surface area contributed by atoms with Crippen molar-refractivity contribution >= 4 is 29.2 Å². The van der Waals surface area contributed by atoms with Crippen LogP contribution in [0, 0.1) is 0 Å². The zero-order valence-corrected chi connectivity index (χ0v) is 11.4. The van der Waals surface area contributed by atoms with Gasteiger partial charge in [-0.25, -0.2) is 4.79 Å². The van der Waals surface area contributed by atoms with Crippen LogP contribution in [0.5, 0.6) is 0 Å². The zero-order valence-electron chi connectivity index (χ0n) is 10.7. The van der Waals surface area contributed by atoms with Crippen molar-refractivity contribution in [3.63, 3.8) is 0 Å². The Labute approximate surface area is 121 Å². The normalized spacial score (nSPS) is 18.6. The molecule has 1 unspecified atom stereocenters. The van der Waals surface area contributed by atoms with Crippen molar-refractivity contribution in [2.45, 2.75) is 12.5 Å². The molecule has 3 N–H and O–H groups in total. The Morgan fingerprint density at radius 2 is 2.30 bits per heavy atom. The summed E-state index contributed by atoms with van der Waals surface area (Å²) in [4.78, 5) is 22.7. The highest BCUT2D eigenvalue weighted by atomic mass is 35.5. The van der Waals surface area contributed by atoms with Crippen LogP contribution in [0.3, 0.4) is 0 Å². The molecule has 0 aliphatic carbocycles. The molecule has 20 heavy (non-hydrogen) atoms. The molecular weight excluding hydrogens is 284 g/mol. The highest BCUT2D eigenvalue weighted by Gasteiger charge is 2.17. The predicted octanol–water partition coefficient (Wildman–Crippen LogP) is 1.36. The predicted molar refractivity (Wildman–Crippen MR) is 74.3 cm³/mol. The Hall–Kier alpha value is -1.63. The SMILES string of the molecule is O=C(CC1COCCN1)Nc1ccc(C(=O)O)cc1Cl. The number of halogens is 1. The Kier molecular flexibility index (Phi) is 4.94. The molecule has 2 rings (SSSR count). The number of aromatic carboxylic acids is 1. The number of carbonyl (C=O) groups is 2. The third-order valence-electron chi connectivity index (χ3n) is 2.92. The van der Waals surface area contributed by atoms with E-state index in [1.807, 2.05) is 0 Å². The van der Waals surface area contributed by atoms with Crippen molar-refractivity contribution in [1.29, 1.82) is 0 Å². The quantitative estimate of drug-likeness (QED) is 0.781. The number of morpholine rings is 1. The highest BCUT2D eigenvalue weighted by Crippen LogP contribution is 2.23. The first kappa shape index (κ1) is 14.8. The maximum Gasteiger partial charge on any atom is 0.335 e. The van der Waals surface area contributed by atoms with Gasteiger partial charge in [-0.05, 0) is 18.2 Å². The molecule has 1 aromatic carbocycles. The summed E-state index contributed by atoms with van der Waals surface area (Å²) in [5.41, 5.74) is 0.480. The lowest BCUT2D eigenvalue weighted by Crippen LogP contribution is -2.43. The molecule has 1 fully saturated rings. The van der Waals surface area contributed by atoms with Crippen molar-refractivity contribution in [2.75, 3.05) is 25.1 Å². The first-order valence-electron chi connectivity index (χ1n) is 6.20. The minimum Gasteiger partial charge on any atom is -0.478 e. The standard InChI is InChI=1S/C13H15ClN2O4/c14-10-5-8(13(18)19)1-2-11(10)16-12(17)6-9-7-20-4-3-15-9/h1-2,5,9,15H,3-4,6-7H2,(H,16,17)(H,18,19). The summed E-state index contributed by atoms with van der Waals surface area (Å²) in [6, 6.07) is 4.17. The average molecular weight is 299 g/mol. The second-order valence-electron chi connectivity index (χ2n) is 4.48. The summed E-state index contributed by atoms with van der Waals surface area (Å²) in [6.07, 6.45) is 0.275. The lowest BCUT2D eigenvalue weighted by atomic mass is 10.1. The van der Waals surface area contributed by atoms with Crippen LogP contribution in [0.2, 0.25) is 5.02 Å². The molecule has 1 saturated heterocycles. The molecule has 1 heterocycles. The van der Waals surface area contributed by atoms with Gasteiger partial charge in [0.2, 0.25) is 5.91 Å². The van der Waals surface area contributed by atoms with Crippen LogP contribution in [0.15, 0.2) is 18.2 Å². The van der Waals surface area contributed by atoms with Crippen LogP contribution < -0.4 is 10.6 Å². The lowest BCUT2D eigenvalue weighted by molar-refractivity contribution is -0.117. The van der Waals surface area contributed by atoms with Gasteiger partial charge < -0.3 is 20.5 Å². The maximum absolute atomic E-state index is 11.9. The van der Waals surface area contributed by atoms with E-state index >= 15 is 0 Å². The van der Waals surface area contributed by atoms with E-state index in [9.17, 15) is 9.59 Å². The molecule has 6 nitrogen and oxygen atoms in total. The fourth-order valence-electron chi connectivity index (χ4n) is 1.93. The molecule has 108 valence electrons. The van der Waals surface area contributed by atoms with Gasteiger partial charge in [0.25, 0.3) is 0 Å². The zero-order chi connectivity index (χ0) is 14.5. The molecule has 0 radical (unpaired) electrons. The minimum absolute atomic E-state index is 0.0131. The molecule has 1 aromatic rings. The van der Waals surface area contributed by atoms with E-state index in [0.29, 0.717) is 18.9 Å². The van der Waals surface area contributed by atoms with Gasteiger partial charge in [0.05, 0.1) is 29.5 Å². The molecule has 0 saturated carbocycles. The lowest BCUT2D eigenvalue weighted by Gasteiger charge is -2.23. The number of carboxylic acids is 1. The smallest absolute Gasteiger partial charge is 0.335 e. The van der Waals surface area contributed by atoms with E-state index in [0.717, 1.165) is 6.54 Å². The fourth-order valence-corrected chi connectivity index (χ4v) is 2.15. The minimum atomic E-state index is -1.06. The van der Waals surface area contributed by atoms with Gasteiger partial charge in [0.1, 0.15) is 0 Å². The van der Waals surface area contributed by atoms with Crippen molar-refractivity contribution < 1.29 is 19.4 Å². The first-order chi connectivity index (χ1) is 9.56. The molecule has 0 aromatic heterocycles. The molecule has 7 heteroatoms. The van der Waals surface area contributed by atoms with Crippen molar-refractivity contribution in [2.24, 2.45) is 0 Å². The van der Waals surface area contributed by atoms with Crippen LogP contribution in [0.4, 0.5) is 5.69 Å². The summed E-state index contributed by atoms with van der Waals surface area (Å²) in [7, 11) is 0. The van der Waals surface area contributed by atoms with Crippen molar-refractivity contribution in [1.82, 2.24) is 5.32 Å². The number of hydrogen-bond acceptors (Lipinski definition) is 4. The van der Waals surface area contributed by atoms with Gasteiger partial charge in [-0.1, -0.05) is 11.6 Å². The van der Waals surface area contributed by atoms with Gasteiger partial charge in [0, 0.05) is 19.0 Å². The van der Waals surface area contributed by atoms with E-state index in [1.165, 1.54) is 18.2 Å². The van der Waals surface area contributed by atoms with Gasteiger partial charge in [-0.2, -0.15) is 0 Å². The average Bonchev–Trinajstić information content (AvgIpc) is 2.42. The van der Waals surface area contributed by atoms with Crippen LogP contribution in [0.25, 0.3) is 0 Å². The Morgan fingerprint density at radius 1 is 1.50 bits per heavy atom. The van der Waals surface area contributed by atoms with E-state index in [-0.39, 0.29) is 29.0 Å². The highest BCUT2D eigenvalue weighted by molar-refractivity contribution is 6.34. The van der Waals surface area contributed by atoms with Crippen LogP contribution in [-0.2, 0) is 9.53 Å². The number of carboxylic acid groups (broad SMARTS) is 1. The molecule has 1 aliphatic heterocycles. The second-order valence-corrected chi connectivity index (χ2v) is 4.89. The molecular formula is C13H15ClN2O4. The van der Waals surface area contributed by atoms with Crippen LogP contribution in [0.1, 0.15) is 16.8 Å². The Balaban J connectivity index is 1.95. The molecule has 1 atom stereocenters. The number of benzene rings is 1. The van der Waals surface area contributed by atoms with Crippen LogP contribution >= 0.6 is 11.6 Å². The van der Waals surface area contributed by atoms with E-state index in [1.54, 1.807) is 0 Å². The van der Waals surface area contributed by atoms with Gasteiger partial charge >= 0.3 is 5.97 Å². The number of anilines is 1. The van der Waals surface area contributed by atoms with E-state index in [4.69, 9.17) is 21.4 Å². The number of nitrogens with one attached hydrogen (secondary N) is 2. The molecule has 0 bridgehead atoms.